The van der Waals surface area contributed by atoms with E-state index in [4.69, 9.17) is 0 Å². The average molecular weight is 267 g/mol. The highest BCUT2D eigenvalue weighted by Gasteiger charge is 2.27. The normalized spacial score (nSPS) is 24.4. The molecule has 1 aliphatic heterocycles. The first-order valence-corrected chi connectivity index (χ1v) is 6.73. The number of carbonyl (C=O) groups is 1. The van der Waals surface area contributed by atoms with E-state index in [-0.39, 0.29) is 17.9 Å². The standard InChI is InChI=1S/C15H19F2NO/c1-10-4-3-5-11(2)18(10)9-15(19)13-8-12(16)6-7-14(13)17/h6-8,10-11H,3-5,9H2,1-2H3/t10-,11+. The molecule has 0 amide bonds. The molecule has 2 nitrogen and oxygen atoms in total. The lowest BCUT2D eigenvalue weighted by molar-refractivity contribution is 0.0730. The number of carbonyl (C=O) groups excluding carboxylic acids is 1. The lowest BCUT2D eigenvalue weighted by Crippen LogP contribution is -2.46. The monoisotopic (exact) mass is 267 g/mol. The molecular weight excluding hydrogens is 248 g/mol. The summed E-state index contributed by atoms with van der Waals surface area (Å²) in [6.45, 7) is 4.30. The summed E-state index contributed by atoms with van der Waals surface area (Å²) in [6.07, 6.45) is 3.24. The van der Waals surface area contributed by atoms with Crippen molar-refractivity contribution in [1.29, 1.82) is 0 Å². The van der Waals surface area contributed by atoms with Crippen molar-refractivity contribution in [3.05, 3.63) is 35.4 Å². The molecule has 0 bridgehead atoms. The minimum Gasteiger partial charge on any atom is -0.293 e. The second-order valence-corrected chi connectivity index (χ2v) is 5.35. The molecule has 0 unspecified atom stereocenters. The van der Waals surface area contributed by atoms with Crippen LogP contribution in [0.3, 0.4) is 0 Å². The number of nitrogens with zero attached hydrogens (tertiary/aromatic N) is 1. The molecule has 0 aromatic heterocycles. The van der Waals surface area contributed by atoms with Gasteiger partial charge in [0.1, 0.15) is 11.6 Å². The van der Waals surface area contributed by atoms with Gasteiger partial charge in [-0.3, -0.25) is 9.69 Å². The zero-order valence-corrected chi connectivity index (χ0v) is 11.3. The number of benzene rings is 1. The van der Waals surface area contributed by atoms with Crippen molar-refractivity contribution in [3.8, 4) is 0 Å². The molecule has 0 spiro atoms. The van der Waals surface area contributed by atoms with Crippen molar-refractivity contribution in [2.45, 2.75) is 45.2 Å². The Morgan fingerprint density at radius 1 is 1.26 bits per heavy atom. The van der Waals surface area contributed by atoms with Gasteiger partial charge >= 0.3 is 0 Å². The van der Waals surface area contributed by atoms with Crippen molar-refractivity contribution >= 4 is 5.78 Å². The molecule has 0 N–H and O–H groups in total. The first kappa shape index (κ1) is 14.1. The molecule has 19 heavy (non-hydrogen) atoms. The van der Waals surface area contributed by atoms with Gasteiger partial charge in [-0.2, -0.15) is 0 Å². The highest BCUT2D eigenvalue weighted by atomic mass is 19.1. The molecule has 1 heterocycles. The van der Waals surface area contributed by atoms with Gasteiger partial charge in [-0.15, -0.1) is 0 Å². The van der Waals surface area contributed by atoms with Crippen molar-refractivity contribution in [3.63, 3.8) is 0 Å². The molecule has 1 aromatic rings. The third-order valence-corrected chi connectivity index (χ3v) is 3.93. The maximum Gasteiger partial charge on any atom is 0.179 e. The molecule has 1 aliphatic rings. The van der Waals surface area contributed by atoms with Crippen LogP contribution in [-0.4, -0.2) is 29.3 Å². The van der Waals surface area contributed by atoms with Crippen LogP contribution in [-0.2, 0) is 0 Å². The SMILES string of the molecule is C[C@@H]1CCC[C@H](C)N1CC(=O)c1cc(F)ccc1F. The number of rotatable bonds is 3. The van der Waals surface area contributed by atoms with Gasteiger partial charge in [0.15, 0.2) is 5.78 Å². The highest BCUT2D eigenvalue weighted by Crippen LogP contribution is 2.23. The molecule has 1 aromatic carbocycles. The van der Waals surface area contributed by atoms with Gasteiger partial charge in [-0.25, -0.2) is 8.78 Å². The fourth-order valence-corrected chi connectivity index (χ4v) is 2.75. The van der Waals surface area contributed by atoms with E-state index in [1.165, 1.54) is 0 Å². The van der Waals surface area contributed by atoms with E-state index >= 15 is 0 Å². The Labute approximate surface area is 112 Å². The van der Waals surface area contributed by atoms with Gasteiger partial charge in [0.2, 0.25) is 0 Å². The zero-order valence-electron chi connectivity index (χ0n) is 11.3. The van der Waals surface area contributed by atoms with Crippen molar-refractivity contribution < 1.29 is 13.6 Å². The Bertz CT molecular complexity index is 465. The molecule has 1 saturated heterocycles. The molecule has 0 radical (unpaired) electrons. The summed E-state index contributed by atoms with van der Waals surface area (Å²) >= 11 is 0. The second-order valence-electron chi connectivity index (χ2n) is 5.35. The summed E-state index contributed by atoms with van der Waals surface area (Å²) in [7, 11) is 0. The Morgan fingerprint density at radius 3 is 2.53 bits per heavy atom. The second kappa shape index (κ2) is 5.78. The molecule has 2 rings (SSSR count). The number of piperidine rings is 1. The van der Waals surface area contributed by atoms with E-state index in [1.54, 1.807) is 0 Å². The van der Waals surface area contributed by atoms with Gasteiger partial charge in [0.25, 0.3) is 0 Å². The number of hydrogen-bond acceptors (Lipinski definition) is 2. The van der Waals surface area contributed by atoms with E-state index in [0.29, 0.717) is 12.1 Å². The summed E-state index contributed by atoms with van der Waals surface area (Å²) < 4.78 is 26.7. The molecule has 4 heteroatoms. The van der Waals surface area contributed by atoms with Crippen LogP contribution < -0.4 is 0 Å². The summed E-state index contributed by atoms with van der Waals surface area (Å²) in [4.78, 5) is 14.2. The van der Waals surface area contributed by atoms with E-state index in [9.17, 15) is 13.6 Å². The van der Waals surface area contributed by atoms with Gasteiger partial charge in [-0.05, 0) is 44.9 Å². The predicted octanol–water partition coefficient (Wildman–Crippen LogP) is 3.41. The van der Waals surface area contributed by atoms with Crippen molar-refractivity contribution in [2.75, 3.05) is 6.54 Å². The first-order chi connectivity index (χ1) is 8.99. The summed E-state index contributed by atoms with van der Waals surface area (Å²) in [5.41, 5.74) is -0.148. The lowest BCUT2D eigenvalue weighted by atomic mass is 9.96. The first-order valence-electron chi connectivity index (χ1n) is 6.73. The van der Waals surface area contributed by atoms with E-state index < -0.39 is 11.6 Å². The largest absolute Gasteiger partial charge is 0.293 e. The Balaban J connectivity index is 2.14. The smallest absolute Gasteiger partial charge is 0.179 e. The van der Waals surface area contributed by atoms with Crippen LogP contribution in [0.25, 0.3) is 0 Å². The lowest BCUT2D eigenvalue weighted by Gasteiger charge is -2.38. The van der Waals surface area contributed by atoms with Crippen LogP contribution >= 0.6 is 0 Å². The number of halogens is 2. The summed E-state index contributed by atoms with van der Waals surface area (Å²) in [5.74, 6) is -1.58. The van der Waals surface area contributed by atoms with Crippen LogP contribution in [0, 0.1) is 11.6 Å². The number of Topliss-reactive ketones (excluding diaryl/α,β-unsaturated/α-hetero) is 1. The maximum absolute atomic E-state index is 13.6. The third-order valence-electron chi connectivity index (χ3n) is 3.93. The molecular formula is C15H19F2NO. The third kappa shape index (κ3) is 3.18. The van der Waals surface area contributed by atoms with Gasteiger partial charge < -0.3 is 0 Å². The van der Waals surface area contributed by atoms with Crippen LogP contribution in [0.4, 0.5) is 8.78 Å². The quantitative estimate of drug-likeness (QED) is 0.782. The molecule has 2 atom stereocenters. The molecule has 104 valence electrons. The topological polar surface area (TPSA) is 20.3 Å². The Morgan fingerprint density at radius 2 is 1.89 bits per heavy atom. The van der Waals surface area contributed by atoms with Gasteiger partial charge in [0, 0.05) is 12.1 Å². The Kier molecular flexibility index (Phi) is 4.30. The van der Waals surface area contributed by atoms with Crippen molar-refractivity contribution in [2.24, 2.45) is 0 Å². The van der Waals surface area contributed by atoms with Gasteiger partial charge in [-0.1, -0.05) is 6.42 Å². The zero-order chi connectivity index (χ0) is 14.0. The molecule has 0 aliphatic carbocycles. The van der Waals surface area contributed by atoms with E-state index in [2.05, 4.69) is 18.7 Å². The van der Waals surface area contributed by atoms with Crippen LogP contribution in [0.15, 0.2) is 18.2 Å². The van der Waals surface area contributed by atoms with E-state index in [0.717, 1.165) is 37.5 Å². The van der Waals surface area contributed by atoms with E-state index in [1.807, 2.05) is 0 Å². The fraction of sp³-hybridized carbons (Fsp3) is 0.533. The minimum absolute atomic E-state index is 0.148. The maximum atomic E-state index is 13.6. The Hall–Kier alpha value is -1.29. The van der Waals surface area contributed by atoms with Crippen LogP contribution in [0.2, 0.25) is 0 Å². The van der Waals surface area contributed by atoms with Crippen LogP contribution in [0.5, 0.6) is 0 Å². The summed E-state index contributed by atoms with van der Waals surface area (Å²) in [5, 5.41) is 0. The number of likely N-dealkylation sites (tertiary alicyclic amines) is 1. The minimum atomic E-state index is -0.649. The highest BCUT2D eigenvalue weighted by molar-refractivity contribution is 5.97. The number of ketones is 1. The molecule has 0 saturated carbocycles. The van der Waals surface area contributed by atoms with Crippen molar-refractivity contribution in [1.82, 2.24) is 4.90 Å². The average Bonchev–Trinajstić information content (AvgIpc) is 2.37. The fourth-order valence-electron chi connectivity index (χ4n) is 2.75. The summed E-state index contributed by atoms with van der Waals surface area (Å²) in [6, 6.07) is 3.63. The predicted molar refractivity (Wildman–Crippen MR) is 70.2 cm³/mol. The van der Waals surface area contributed by atoms with Gasteiger partial charge in [0.05, 0.1) is 12.1 Å². The molecule has 1 fully saturated rings. The number of hydrogen-bond donors (Lipinski definition) is 0. The van der Waals surface area contributed by atoms with Crippen LogP contribution in [0.1, 0.15) is 43.5 Å².